The van der Waals surface area contributed by atoms with Gasteiger partial charge in [-0.15, -0.1) is 0 Å². The maximum absolute atomic E-state index is 12.8. The molecule has 1 atom stereocenters. The van der Waals surface area contributed by atoms with E-state index >= 15 is 0 Å². The van der Waals surface area contributed by atoms with Gasteiger partial charge in [0.25, 0.3) is 5.91 Å². The van der Waals surface area contributed by atoms with Gasteiger partial charge in [-0.2, -0.15) is 22.8 Å². The van der Waals surface area contributed by atoms with Gasteiger partial charge in [0.2, 0.25) is 5.13 Å². The number of anilines is 1. The van der Waals surface area contributed by atoms with E-state index in [0.29, 0.717) is 40.9 Å². The zero-order chi connectivity index (χ0) is 22.1. The number of amides is 1. The number of alkyl halides is 3. The number of rotatable bonds is 5. The molecule has 7 nitrogen and oxygen atoms in total. The van der Waals surface area contributed by atoms with E-state index in [2.05, 4.69) is 14.7 Å². The first-order valence-corrected chi connectivity index (χ1v) is 9.31. The highest BCUT2D eigenvalue weighted by molar-refractivity contribution is 7.09. The van der Waals surface area contributed by atoms with Crippen LogP contribution in [0.15, 0.2) is 34.7 Å². The molecule has 1 unspecified atom stereocenters. The number of carbonyl (C=O) groups excluding carboxylic acids is 1. The van der Waals surface area contributed by atoms with Gasteiger partial charge in [0.15, 0.2) is 11.4 Å². The number of halogens is 3. The quantitative estimate of drug-likeness (QED) is 0.623. The lowest BCUT2D eigenvalue weighted by atomic mass is 10.0. The second-order valence-corrected chi connectivity index (χ2v) is 7.44. The van der Waals surface area contributed by atoms with Gasteiger partial charge in [0.05, 0.1) is 11.6 Å². The zero-order valence-corrected chi connectivity index (χ0v) is 16.6. The van der Waals surface area contributed by atoms with E-state index in [9.17, 15) is 23.1 Å². The Morgan fingerprint density at radius 1 is 1.37 bits per heavy atom. The summed E-state index contributed by atoms with van der Waals surface area (Å²) in [5, 5.41) is 20.9. The Hall–Kier alpha value is -3.23. The molecule has 2 N–H and O–H groups in total. The van der Waals surface area contributed by atoms with Crippen molar-refractivity contribution >= 4 is 22.6 Å². The average Bonchev–Trinajstić information content (AvgIpc) is 3.26. The lowest BCUT2D eigenvalue weighted by Crippen LogP contribution is -2.44. The van der Waals surface area contributed by atoms with Gasteiger partial charge in [-0.3, -0.25) is 10.1 Å². The van der Waals surface area contributed by atoms with Crippen molar-refractivity contribution in [1.29, 1.82) is 5.26 Å². The van der Waals surface area contributed by atoms with Crippen LogP contribution in [0, 0.1) is 18.3 Å². The number of nitrogens with one attached hydrogen (secondary N) is 1. The molecular weight excluding hydrogens is 421 g/mol. The van der Waals surface area contributed by atoms with Crippen LogP contribution < -0.4 is 5.32 Å². The Kier molecular flexibility index (Phi) is 5.65. The van der Waals surface area contributed by atoms with E-state index in [1.807, 2.05) is 6.07 Å². The smallest absolute Gasteiger partial charge is 0.417 e. The molecule has 2 heterocycles. The summed E-state index contributed by atoms with van der Waals surface area (Å²) in [4.78, 5) is 16.3. The van der Waals surface area contributed by atoms with Crippen LogP contribution in [0.25, 0.3) is 11.1 Å². The molecular formula is C19H15F3N4O3S. The fourth-order valence-electron chi connectivity index (χ4n) is 2.58. The van der Waals surface area contributed by atoms with Gasteiger partial charge in [-0.05, 0) is 37.6 Å². The van der Waals surface area contributed by atoms with Crippen LogP contribution in [-0.4, -0.2) is 32.1 Å². The Morgan fingerprint density at radius 3 is 2.77 bits per heavy atom. The van der Waals surface area contributed by atoms with E-state index in [4.69, 9.17) is 9.68 Å². The summed E-state index contributed by atoms with van der Waals surface area (Å²) in [7, 11) is 0. The van der Waals surface area contributed by atoms with E-state index < -0.39 is 24.1 Å². The molecule has 0 spiro atoms. The van der Waals surface area contributed by atoms with E-state index in [1.54, 1.807) is 31.2 Å². The molecule has 0 radical (unpaired) electrons. The monoisotopic (exact) mass is 436 g/mol. The van der Waals surface area contributed by atoms with Crippen LogP contribution in [-0.2, 0) is 6.42 Å². The van der Waals surface area contributed by atoms with Crippen molar-refractivity contribution in [3.8, 4) is 17.2 Å². The molecule has 3 aromatic rings. The molecule has 1 amide bonds. The highest BCUT2D eigenvalue weighted by Crippen LogP contribution is 2.33. The van der Waals surface area contributed by atoms with Gasteiger partial charge in [-0.25, -0.2) is 4.98 Å². The molecule has 0 saturated heterocycles. The lowest BCUT2D eigenvalue weighted by molar-refractivity contribution is -0.252. The molecule has 0 saturated carbocycles. The SMILES string of the molecule is Cc1oc(C(=O)Nc2nc(CC(C)(O)C(F)(F)F)ns2)cc1-c1cccc(C#N)c1. The summed E-state index contributed by atoms with van der Waals surface area (Å²) < 4.78 is 47.6. The highest BCUT2D eigenvalue weighted by atomic mass is 32.1. The van der Waals surface area contributed by atoms with Gasteiger partial charge in [-0.1, -0.05) is 12.1 Å². The van der Waals surface area contributed by atoms with E-state index in [-0.39, 0.29) is 16.7 Å². The van der Waals surface area contributed by atoms with E-state index in [1.165, 1.54) is 6.07 Å². The third kappa shape index (κ3) is 4.50. The van der Waals surface area contributed by atoms with Gasteiger partial charge in [0, 0.05) is 23.5 Å². The Bertz CT molecular complexity index is 1130. The number of nitriles is 1. The maximum Gasteiger partial charge on any atom is 0.417 e. The van der Waals surface area contributed by atoms with Crippen LogP contribution >= 0.6 is 11.5 Å². The van der Waals surface area contributed by atoms with Crippen LogP contribution in [0.5, 0.6) is 0 Å². The van der Waals surface area contributed by atoms with Crippen molar-refractivity contribution in [1.82, 2.24) is 9.36 Å². The summed E-state index contributed by atoms with van der Waals surface area (Å²) in [5.74, 6) is -0.494. The highest BCUT2D eigenvalue weighted by Gasteiger charge is 2.50. The van der Waals surface area contributed by atoms with Crippen LogP contribution in [0.1, 0.15) is 34.6 Å². The summed E-state index contributed by atoms with van der Waals surface area (Å²) >= 11 is 0.687. The number of carbonyl (C=O) groups is 1. The predicted molar refractivity (Wildman–Crippen MR) is 102 cm³/mol. The molecule has 156 valence electrons. The molecule has 1 aromatic carbocycles. The second kappa shape index (κ2) is 7.89. The van der Waals surface area contributed by atoms with Crippen molar-refractivity contribution in [3.05, 3.63) is 53.2 Å². The van der Waals surface area contributed by atoms with Crippen LogP contribution in [0.4, 0.5) is 18.3 Å². The summed E-state index contributed by atoms with van der Waals surface area (Å²) in [6.07, 6.45) is -5.69. The summed E-state index contributed by atoms with van der Waals surface area (Å²) in [6.45, 7) is 2.29. The third-order valence-corrected chi connectivity index (χ3v) is 4.91. The minimum Gasteiger partial charge on any atom is -0.456 e. The van der Waals surface area contributed by atoms with E-state index in [0.717, 1.165) is 0 Å². The fourth-order valence-corrected chi connectivity index (χ4v) is 3.16. The number of hydrogen-bond acceptors (Lipinski definition) is 7. The minimum atomic E-state index is -4.84. The Labute approximate surface area is 173 Å². The Morgan fingerprint density at radius 2 is 2.10 bits per heavy atom. The van der Waals surface area contributed by atoms with Crippen molar-refractivity contribution < 1.29 is 27.5 Å². The maximum atomic E-state index is 12.8. The van der Waals surface area contributed by atoms with Gasteiger partial charge in [0.1, 0.15) is 11.6 Å². The number of aromatic nitrogens is 2. The van der Waals surface area contributed by atoms with Crippen LogP contribution in [0.3, 0.4) is 0 Å². The second-order valence-electron chi connectivity index (χ2n) is 6.69. The number of aliphatic hydroxyl groups is 1. The van der Waals surface area contributed by atoms with Crippen molar-refractivity contribution in [2.24, 2.45) is 0 Å². The molecule has 0 aliphatic heterocycles. The fraction of sp³-hybridized carbons (Fsp3) is 0.263. The first-order chi connectivity index (χ1) is 14.0. The van der Waals surface area contributed by atoms with Crippen molar-refractivity contribution in [2.75, 3.05) is 5.32 Å². The van der Waals surface area contributed by atoms with Gasteiger partial charge < -0.3 is 9.52 Å². The number of benzene rings is 1. The third-order valence-electron chi connectivity index (χ3n) is 4.25. The predicted octanol–water partition coefficient (Wildman–Crippen LogP) is 4.09. The molecule has 0 fully saturated rings. The minimum absolute atomic E-state index is 0.0324. The zero-order valence-electron chi connectivity index (χ0n) is 15.7. The number of aryl methyl sites for hydroxylation is 1. The largest absolute Gasteiger partial charge is 0.456 e. The van der Waals surface area contributed by atoms with Crippen LogP contribution in [0.2, 0.25) is 0 Å². The first-order valence-electron chi connectivity index (χ1n) is 8.54. The number of hydrogen-bond donors (Lipinski definition) is 2. The normalized spacial score (nSPS) is 13.5. The molecule has 2 aromatic heterocycles. The van der Waals surface area contributed by atoms with Gasteiger partial charge >= 0.3 is 6.18 Å². The standard InChI is InChI=1S/C19H15F3N4O3S/c1-10-13(12-5-3-4-11(6-12)9-23)7-14(29-10)16(27)25-17-24-15(26-30-17)8-18(2,28)19(20,21)22/h3-7,28H,8H2,1-2H3,(H,24,25,26,27). The number of nitrogens with zero attached hydrogens (tertiary/aromatic N) is 3. The molecule has 30 heavy (non-hydrogen) atoms. The topological polar surface area (TPSA) is 112 Å². The number of furan rings is 1. The first kappa shape index (κ1) is 21.5. The van der Waals surface area contributed by atoms with Crippen molar-refractivity contribution in [2.45, 2.75) is 32.0 Å². The molecule has 11 heteroatoms. The lowest BCUT2D eigenvalue weighted by Gasteiger charge is -2.24. The summed E-state index contributed by atoms with van der Waals surface area (Å²) in [6, 6.07) is 10.3. The Balaban J connectivity index is 1.75. The molecule has 0 aliphatic carbocycles. The molecule has 0 aliphatic rings. The summed E-state index contributed by atoms with van der Waals surface area (Å²) in [5.41, 5.74) is -1.21. The molecule has 0 bridgehead atoms. The average molecular weight is 436 g/mol. The van der Waals surface area contributed by atoms with Crippen molar-refractivity contribution in [3.63, 3.8) is 0 Å². The molecule has 3 rings (SSSR count).